The summed E-state index contributed by atoms with van der Waals surface area (Å²) in [5.74, 6) is -0.184. The highest BCUT2D eigenvalue weighted by Crippen LogP contribution is 2.34. The first kappa shape index (κ1) is 14.9. The number of carbonyl (C=O) groups is 1. The Balaban J connectivity index is 2.33. The van der Waals surface area contributed by atoms with Crippen LogP contribution in [0.2, 0.25) is 0 Å². The van der Waals surface area contributed by atoms with Crippen LogP contribution in [0.25, 0.3) is 0 Å². The maximum absolute atomic E-state index is 12.1. The van der Waals surface area contributed by atoms with Crippen molar-refractivity contribution in [3.8, 4) is 0 Å². The monoisotopic (exact) mass is 277 g/mol. The topological polar surface area (TPSA) is 38.8 Å². The highest BCUT2D eigenvalue weighted by Gasteiger charge is 2.43. The fourth-order valence-electron chi connectivity index (χ4n) is 2.95. The standard InChI is InChI=1S/C16H23NO3/c1-5-16(15(18)19-4)9-17(11-20-10-16)14-12(2)7-6-8-13(14)3/h6-8H,5,9-11H2,1-4H3. The lowest BCUT2D eigenvalue weighted by Crippen LogP contribution is -2.52. The van der Waals surface area contributed by atoms with E-state index in [1.165, 1.54) is 18.2 Å². The third-order valence-electron chi connectivity index (χ3n) is 4.17. The summed E-state index contributed by atoms with van der Waals surface area (Å²) in [5, 5.41) is 0. The van der Waals surface area contributed by atoms with Gasteiger partial charge in [0.05, 0.1) is 13.7 Å². The molecule has 0 amide bonds. The number of esters is 1. The van der Waals surface area contributed by atoms with Gasteiger partial charge in [-0.15, -0.1) is 0 Å². The number of hydrogen-bond donors (Lipinski definition) is 0. The van der Waals surface area contributed by atoms with Crippen molar-refractivity contribution >= 4 is 11.7 Å². The lowest BCUT2D eigenvalue weighted by atomic mass is 9.84. The maximum Gasteiger partial charge on any atom is 0.315 e. The van der Waals surface area contributed by atoms with Crippen molar-refractivity contribution in [3.05, 3.63) is 29.3 Å². The van der Waals surface area contributed by atoms with E-state index in [4.69, 9.17) is 9.47 Å². The van der Waals surface area contributed by atoms with Crippen LogP contribution < -0.4 is 4.90 Å². The molecule has 0 aromatic heterocycles. The van der Waals surface area contributed by atoms with E-state index in [1.54, 1.807) is 0 Å². The Bertz CT molecular complexity index is 480. The minimum Gasteiger partial charge on any atom is -0.468 e. The van der Waals surface area contributed by atoms with Crippen LogP contribution >= 0.6 is 0 Å². The Morgan fingerprint density at radius 2 is 2.05 bits per heavy atom. The molecule has 0 spiro atoms. The first-order valence-corrected chi connectivity index (χ1v) is 7.01. The van der Waals surface area contributed by atoms with Crippen LogP contribution in [0.3, 0.4) is 0 Å². The lowest BCUT2D eigenvalue weighted by molar-refractivity contribution is -0.159. The van der Waals surface area contributed by atoms with Gasteiger partial charge < -0.3 is 14.4 Å². The van der Waals surface area contributed by atoms with E-state index in [2.05, 4.69) is 30.9 Å². The minimum absolute atomic E-state index is 0.184. The van der Waals surface area contributed by atoms with Gasteiger partial charge in [0.1, 0.15) is 12.1 Å². The number of methoxy groups -OCH3 is 1. The summed E-state index contributed by atoms with van der Waals surface area (Å²) < 4.78 is 10.7. The molecule has 1 heterocycles. The first-order chi connectivity index (χ1) is 9.54. The van der Waals surface area contributed by atoms with Gasteiger partial charge in [-0.1, -0.05) is 25.1 Å². The number of carbonyl (C=O) groups excluding carboxylic acids is 1. The van der Waals surface area contributed by atoms with Gasteiger partial charge in [0.2, 0.25) is 0 Å². The molecule has 4 heteroatoms. The molecule has 20 heavy (non-hydrogen) atoms. The average Bonchev–Trinajstić information content (AvgIpc) is 2.46. The molecule has 1 aromatic carbocycles. The van der Waals surface area contributed by atoms with Gasteiger partial charge in [-0.2, -0.15) is 0 Å². The van der Waals surface area contributed by atoms with Crippen molar-refractivity contribution in [3.63, 3.8) is 0 Å². The van der Waals surface area contributed by atoms with Gasteiger partial charge in [-0.05, 0) is 31.4 Å². The second-order valence-corrected chi connectivity index (χ2v) is 5.54. The molecule has 1 aliphatic rings. The van der Waals surface area contributed by atoms with Gasteiger partial charge in [-0.25, -0.2) is 0 Å². The van der Waals surface area contributed by atoms with Crippen molar-refractivity contribution in [2.24, 2.45) is 5.41 Å². The number of benzene rings is 1. The summed E-state index contributed by atoms with van der Waals surface area (Å²) in [6.07, 6.45) is 0.709. The fraction of sp³-hybridized carbons (Fsp3) is 0.562. The van der Waals surface area contributed by atoms with Crippen LogP contribution in [0.1, 0.15) is 24.5 Å². The van der Waals surface area contributed by atoms with Crippen LogP contribution in [0.4, 0.5) is 5.69 Å². The predicted octanol–water partition coefficient (Wildman–Crippen LogP) is 2.67. The van der Waals surface area contributed by atoms with Gasteiger partial charge >= 0.3 is 5.97 Å². The van der Waals surface area contributed by atoms with E-state index < -0.39 is 5.41 Å². The molecular weight excluding hydrogens is 254 g/mol. The summed E-state index contributed by atoms with van der Waals surface area (Å²) in [7, 11) is 1.44. The van der Waals surface area contributed by atoms with E-state index in [-0.39, 0.29) is 5.97 Å². The number of hydrogen-bond acceptors (Lipinski definition) is 4. The third-order valence-corrected chi connectivity index (χ3v) is 4.17. The molecule has 1 saturated heterocycles. The number of aryl methyl sites for hydroxylation is 2. The Labute approximate surface area is 120 Å². The summed E-state index contributed by atoms with van der Waals surface area (Å²) >= 11 is 0. The Morgan fingerprint density at radius 1 is 1.40 bits per heavy atom. The van der Waals surface area contributed by atoms with Crippen LogP contribution in [0.5, 0.6) is 0 Å². The van der Waals surface area contributed by atoms with Crippen molar-refractivity contribution in [1.29, 1.82) is 0 Å². The molecule has 1 fully saturated rings. The molecule has 2 rings (SSSR count). The zero-order chi connectivity index (χ0) is 14.8. The molecule has 0 radical (unpaired) electrons. The van der Waals surface area contributed by atoms with E-state index in [0.29, 0.717) is 26.3 Å². The van der Waals surface area contributed by atoms with Crippen molar-refractivity contribution < 1.29 is 14.3 Å². The number of anilines is 1. The summed E-state index contributed by atoms with van der Waals surface area (Å²) in [6, 6.07) is 6.22. The molecule has 0 aliphatic carbocycles. The molecule has 1 unspecified atom stereocenters. The normalized spacial score (nSPS) is 22.7. The predicted molar refractivity (Wildman–Crippen MR) is 78.8 cm³/mol. The maximum atomic E-state index is 12.1. The molecule has 4 nitrogen and oxygen atoms in total. The second-order valence-electron chi connectivity index (χ2n) is 5.54. The molecule has 110 valence electrons. The first-order valence-electron chi connectivity index (χ1n) is 7.01. The SMILES string of the molecule is CCC1(C(=O)OC)COCN(c2c(C)cccc2C)C1. The smallest absolute Gasteiger partial charge is 0.315 e. The van der Waals surface area contributed by atoms with Crippen LogP contribution in [0.15, 0.2) is 18.2 Å². The fourth-order valence-corrected chi connectivity index (χ4v) is 2.95. The Morgan fingerprint density at radius 3 is 2.60 bits per heavy atom. The minimum atomic E-state index is -0.568. The molecule has 0 bridgehead atoms. The molecule has 1 aliphatic heterocycles. The highest BCUT2D eigenvalue weighted by molar-refractivity contribution is 5.78. The lowest BCUT2D eigenvalue weighted by Gasteiger charge is -2.42. The van der Waals surface area contributed by atoms with Crippen molar-refractivity contribution in [2.75, 3.05) is 31.9 Å². The molecule has 1 aromatic rings. The van der Waals surface area contributed by atoms with Crippen LogP contribution in [-0.4, -0.2) is 33.0 Å². The van der Waals surface area contributed by atoms with E-state index in [0.717, 1.165) is 5.69 Å². The van der Waals surface area contributed by atoms with Gasteiger partial charge in [-0.3, -0.25) is 4.79 Å². The third kappa shape index (κ3) is 2.52. The second kappa shape index (κ2) is 5.83. The van der Waals surface area contributed by atoms with Crippen LogP contribution in [-0.2, 0) is 14.3 Å². The zero-order valence-corrected chi connectivity index (χ0v) is 12.7. The van der Waals surface area contributed by atoms with E-state index >= 15 is 0 Å². The Kier molecular flexibility index (Phi) is 4.33. The van der Waals surface area contributed by atoms with Gasteiger partial charge in [0.15, 0.2) is 0 Å². The van der Waals surface area contributed by atoms with Crippen molar-refractivity contribution in [1.82, 2.24) is 0 Å². The largest absolute Gasteiger partial charge is 0.468 e. The summed E-state index contributed by atoms with van der Waals surface area (Å²) in [5.41, 5.74) is 2.99. The quantitative estimate of drug-likeness (QED) is 0.796. The summed E-state index contributed by atoms with van der Waals surface area (Å²) in [6.45, 7) is 7.77. The number of rotatable bonds is 3. The molecule has 0 saturated carbocycles. The van der Waals surface area contributed by atoms with Gasteiger partial charge in [0, 0.05) is 12.2 Å². The van der Waals surface area contributed by atoms with Gasteiger partial charge in [0.25, 0.3) is 0 Å². The van der Waals surface area contributed by atoms with E-state index in [9.17, 15) is 4.79 Å². The van der Waals surface area contributed by atoms with Crippen molar-refractivity contribution in [2.45, 2.75) is 27.2 Å². The van der Waals surface area contributed by atoms with Crippen LogP contribution in [0, 0.1) is 19.3 Å². The van der Waals surface area contributed by atoms with E-state index in [1.807, 2.05) is 13.0 Å². The zero-order valence-electron chi connectivity index (χ0n) is 12.7. The number of para-hydroxylation sites is 1. The Hall–Kier alpha value is -1.55. The average molecular weight is 277 g/mol. The highest BCUT2D eigenvalue weighted by atomic mass is 16.5. The number of nitrogens with zero attached hydrogens (tertiary/aromatic N) is 1. The summed E-state index contributed by atoms with van der Waals surface area (Å²) in [4.78, 5) is 14.3. The molecular formula is C16H23NO3. The number of ether oxygens (including phenoxy) is 2. The molecule has 1 atom stereocenters. The molecule has 0 N–H and O–H groups in total.